The Kier molecular flexibility index (Phi) is 3.16. The molecule has 4 aliphatic rings. The average molecular weight is 354 g/mol. The van der Waals surface area contributed by atoms with Crippen LogP contribution in [-0.4, -0.2) is 36.0 Å². The van der Waals surface area contributed by atoms with Crippen molar-refractivity contribution in [2.24, 2.45) is 5.41 Å². The van der Waals surface area contributed by atoms with Crippen LogP contribution in [0.5, 0.6) is 5.75 Å². The molecule has 1 N–H and O–H groups in total. The van der Waals surface area contributed by atoms with Crippen molar-refractivity contribution in [3.05, 3.63) is 52.6 Å². The maximum absolute atomic E-state index is 12.9. The van der Waals surface area contributed by atoms with Gasteiger partial charge >= 0.3 is 0 Å². The third kappa shape index (κ3) is 1.94. The molecule has 1 fully saturated rings. The van der Waals surface area contributed by atoms with Gasteiger partial charge in [0.25, 0.3) is 0 Å². The number of aliphatic hydroxyl groups is 1. The van der Waals surface area contributed by atoms with Gasteiger partial charge in [-0.05, 0) is 31.1 Å². The Balaban J connectivity index is 1.70. The van der Waals surface area contributed by atoms with E-state index in [0.717, 1.165) is 16.7 Å². The topological polar surface area (TPSA) is 65.0 Å². The Morgan fingerprint density at radius 2 is 2.08 bits per heavy atom. The van der Waals surface area contributed by atoms with Gasteiger partial charge in [0.2, 0.25) is 6.29 Å². The minimum atomic E-state index is -1.00. The van der Waals surface area contributed by atoms with Crippen molar-refractivity contribution in [2.45, 2.75) is 50.8 Å². The van der Waals surface area contributed by atoms with Crippen molar-refractivity contribution in [2.75, 3.05) is 7.11 Å². The number of Topliss-reactive ketones (excluding diaryl/α,β-unsaturated/α-hetero) is 1. The zero-order chi connectivity index (χ0) is 18.3. The van der Waals surface area contributed by atoms with Crippen LogP contribution in [0.1, 0.15) is 47.9 Å². The molecule has 2 aliphatic carbocycles. The molecule has 0 amide bonds. The van der Waals surface area contributed by atoms with Gasteiger partial charge in [-0.2, -0.15) is 0 Å². The van der Waals surface area contributed by atoms with Crippen LogP contribution >= 0.6 is 0 Å². The number of hydrogen-bond acceptors (Lipinski definition) is 5. The molecule has 0 spiro atoms. The number of methoxy groups -OCH3 is 1. The molecule has 1 aromatic rings. The van der Waals surface area contributed by atoms with E-state index in [2.05, 4.69) is 13.0 Å². The second-order valence-electron chi connectivity index (χ2n) is 8.20. The van der Waals surface area contributed by atoms with Gasteiger partial charge in [0, 0.05) is 31.1 Å². The third-order valence-corrected chi connectivity index (χ3v) is 6.24. The van der Waals surface area contributed by atoms with Crippen molar-refractivity contribution >= 4 is 5.78 Å². The first-order chi connectivity index (χ1) is 12.3. The van der Waals surface area contributed by atoms with E-state index in [1.807, 2.05) is 24.3 Å². The largest absolute Gasteiger partial charge is 0.463 e. The van der Waals surface area contributed by atoms with Crippen LogP contribution in [0.15, 0.2) is 35.9 Å². The van der Waals surface area contributed by atoms with E-state index in [4.69, 9.17) is 14.2 Å². The highest BCUT2D eigenvalue weighted by Crippen LogP contribution is 2.60. The quantitative estimate of drug-likeness (QED) is 0.840. The average Bonchev–Trinajstić information content (AvgIpc) is 2.82. The van der Waals surface area contributed by atoms with E-state index in [-0.39, 0.29) is 24.4 Å². The van der Waals surface area contributed by atoms with Gasteiger partial charge in [0.1, 0.15) is 11.9 Å². The monoisotopic (exact) mass is 354 g/mol. The lowest BCUT2D eigenvalue weighted by Gasteiger charge is -2.37. The van der Waals surface area contributed by atoms with E-state index in [1.54, 1.807) is 14.0 Å². The first-order valence-electron chi connectivity index (χ1n) is 9.00. The van der Waals surface area contributed by atoms with E-state index in [0.29, 0.717) is 17.7 Å². The van der Waals surface area contributed by atoms with E-state index < -0.39 is 17.3 Å². The molecule has 1 saturated heterocycles. The van der Waals surface area contributed by atoms with Gasteiger partial charge in [0.05, 0.1) is 17.1 Å². The Hall–Kier alpha value is -1.95. The molecule has 5 nitrogen and oxygen atoms in total. The first-order valence-corrected chi connectivity index (χ1v) is 9.00. The van der Waals surface area contributed by atoms with E-state index in [1.165, 1.54) is 0 Å². The smallest absolute Gasteiger partial charge is 0.212 e. The summed E-state index contributed by atoms with van der Waals surface area (Å²) in [6, 6.07) is 3.80. The number of carbonyl (C=O) groups excluding carboxylic acids is 1. The standard InChI is InChI=1S/C21H22O5/c1-20(23)9-11-7-8-14-17(16(11)13(22)10-20)18-12-5-4-6-15(24-3)21(12,2)19(25-14)26-18/h4-8,15,18-19,23H,9-10H2,1-3H3. The number of ether oxygens (including phenoxy) is 3. The fourth-order valence-corrected chi connectivity index (χ4v) is 4.99. The zero-order valence-corrected chi connectivity index (χ0v) is 15.1. The predicted molar refractivity (Wildman–Crippen MR) is 94.1 cm³/mol. The Morgan fingerprint density at radius 3 is 2.85 bits per heavy atom. The SMILES string of the molecule is COC1C=CC=C2C3OC(Oc4ccc5c(c43)C(=O)CC(C)(O)C5)C21C. The fraction of sp³-hybridized carbons (Fsp3) is 0.476. The van der Waals surface area contributed by atoms with Crippen molar-refractivity contribution in [3.8, 4) is 5.75 Å². The fourth-order valence-electron chi connectivity index (χ4n) is 4.99. The summed E-state index contributed by atoms with van der Waals surface area (Å²) in [4.78, 5) is 12.9. The molecule has 2 heterocycles. The summed E-state index contributed by atoms with van der Waals surface area (Å²) in [7, 11) is 1.69. The molecule has 26 heavy (non-hydrogen) atoms. The number of hydrogen-bond donors (Lipinski definition) is 1. The first kappa shape index (κ1) is 16.2. The number of benzene rings is 1. The Morgan fingerprint density at radius 1 is 1.27 bits per heavy atom. The van der Waals surface area contributed by atoms with Gasteiger partial charge in [-0.25, -0.2) is 0 Å². The van der Waals surface area contributed by atoms with Crippen LogP contribution in [0.2, 0.25) is 0 Å². The van der Waals surface area contributed by atoms with Crippen molar-refractivity contribution in [3.63, 3.8) is 0 Å². The summed E-state index contributed by atoms with van der Waals surface area (Å²) in [5.74, 6) is 0.647. The van der Waals surface area contributed by atoms with Crippen molar-refractivity contribution < 1.29 is 24.1 Å². The summed E-state index contributed by atoms with van der Waals surface area (Å²) in [6.45, 7) is 3.80. The minimum absolute atomic E-state index is 0.0532. The number of carbonyl (C=O) groups is 1. The second-order valence-corrected chi connectivity index (χ2v) is 8.20. The van der Waals surface area contributed by atoms with Crippen LogP contribution in [0.3, 0.4) is 0 Å². The number of fused-ring (bicyclic) bond motifs is 9. The molecule has 136 valence electrons. The van der Waals surface area contributed by atoms with Gasteiger partial charge in [-0.3, -0.25) is 4.79 Å². The normalized spacial score (nSPS) is 39.6. The molecular weight excluding hydrogens is 332 g/mol. The summed E-state index contributed by atoms with van der Waals surface area (Å²) < 4.78 is 18.1. The maximum atomic E-state index is 12.9. The molecule has 5 heteroatoms. The Labute approximate surface area is 152 Å². The molecule has 5 unspecified atom stereocenters. The summed E-state index contributed by atoms with van der Waals surface area (Å²) in [5, 5.41) is 10.4. The molecule has 0 aromatic heterocycles. The van der Waals surface area contributed by atoms with Crippen molar-refractivity contribution in [1.29, 1.82) is 0 Å². The molecule has 0 radical (unpaired) electrons. The Bertz CT molecular complexity index is 881. The highest BCUT2D eigenvalue weighted by molar-refractivity contribution is 6.01. The summed E-state index contributed by atoms with van der Waals surface area (Å²) in [5.41, 5.74) is 1.96. The van der Waals surface area contributed by atoms with Gasteiger partial charge < -0.3 is 19.3 Å². The number of rotatable bonds is 1. The van der Waals surface area contributed by atoms with Crippen LogP contribution in [-0.2, 0) is 15.9 Å². The number of ketones is 1. The van der Waals surface area contributed by atoms with Gasteiger partial charge in [-0.1, -0.05) is 24.3 Å². The van der Waals surface area contributed by atoms with Crippen LogP contribution in [0.25, 0.3) is 0 Å². The highest BCUT2D eigenvalue weighted by Gasteiger charge is 2.60. The van der Waals surface area contributed by atoms with E-state index in [9.17, 15) is 9.90 Å². The zero-order valence-electron chi connectivity index (χ0n) is 15.1. The molecule has 2 aliphatic heterocycles. The third-order valence-electron chi connectivity index (χ3n) is 6.24. The summed E-state index contributed by atoms with van der Waals surface area (Å²) >= 11 is 0. The molecule has 1 aromatic carbocycles. The van der Waals surface area contributed by atoms with E-state index >= 15 is 0 Å². The van der Waals surface area contributed by atoms with Crippen LogP contribution in [0, 0.1) is 5.41 Å². The van der Waals surface area contributed by atoms with Crippen LogP contribution < -0.4 is 4.74 Å². The lowest BCUT2D eigenvalue weighted by molar-refractivity contribution is -0.151. The molecule has 5 atom stereocenters. The van der Waals surface area contributed by atoms with Gasteiger partial charge in [-0.15, -0.1) is 0 Å². The second kappa shape index (κ2) is 5.06. The number of allylic oxidation sites excluding steroid dienone is 2. The summed E-state index contributed by atoms with van der Waals surface area (Å²) in [6.07, 6.45) is 5.69. The molecule has 2 bridgehead atoms. The van der Waals surface area contributed by atoms with Crippen LogP contribution in [0.4, 0.5) is 0 Å². The minimum Gasteiger partial charge on any atom is -0.463 e. The molecule has 5 rings (SSSR count). The van der Waals surface area contributed by atoms with Crippen molar-refractivity contribution in [1.82, 2.24) is 0 Å². The highest BCUT2D eigenvalue weighted by atomic mass is 16.7. The lowest BCUT2D eigenvalue weighted by atomic mass is 9.71. The maximum Gasteiger partial charge on any atom is 0.212 e. The lowest BCUT2D eigenvalue weighted by Crippen LogP contribution is -2.44. The molecule has 0 saturated carbocycles. The van der Waals surface area contributed by atoms with Gasteiger partial charge in [0.15, 0.2) is 5.78 Å². The predicted octanol–water partition coefficient (Wildman–Crippen LogP) is 2.87. The molecular formula is C21H22O5.